The quantitative estimate of drug-likeness (QED) is 0.780. The van der Waals surface area contributed by atoms with Crippen LogP contribution in [-0.4, -0.2) is 17.0 Å². The summed E-state index contributed by atoms with van der Waals surface area (Å²) >= 11 is 0. The minimum absolute atomic E-state index is 0.287. The van der Waals surface area contributed by atoms with Crippen molar-refractivity contribution in [1.29, 1.82) is 0 Å². The van der Waals surface area contributed by atoms with Gasteiger partial charge in [-0.25, -0.2) is 0 Å². The minimum atomic E-state index is -4.55. The molecule has 0 spiro atoms. The Morgan fingerprint density at radius 2 is 1.95 bits per heavy atom. The van der Waals surface area contributed by atoms with Gasteiger partial charge in [0.1, 0.15) is 5.69 Å². The van der Waals surface area contributed by atoms with E-state index >= 15 is 0 Å². The van der Waals surface area contributed by atoms with Gasteiger partial charge in [0.25, 0.3) is 5.91 Å². The third-order valence-corrected chi connectivity index (χ3v) is 3.32. The van der Waals surface area contributed by atoms with E-state index in [1.54, 1.807) is 20.8 Å². The predicted molar refractivity (Wildman–Crippen MR) is 76.4 cm³/mol. The molecule has 0 aliphatic heterocycles. The molecule has 21 heavy (non-hydrogen) atoms. The van der Waals surface area contributed by atoms with Crippen molar-refractivity contribution in [2.24, 2.45) is 0 Å². The van der Waals surface area contributed by atoms with E-state index in [2.05, 4.69) is 5.32 Å². The van der Waals surface area contributed by atoms with E-state index in [9.17, 15) is 18.0 Å². The summed E-state index contributed by atoms with van der Waals surface area (Å²) in [5.74, 6) is -0.652. The Kier molecular flexibility index (Phi) is 5.87. The molecule has 1 amide bonds. The molecule has 0 bridgehead atoms. The molecule has 1 N–H and O–H groups in total. The number of nitrogens with one attached hydrogen (secondary N) is 1. The van der Waals surface area contributed by atoms with Crippen LogP contribution in [0.25, 0.3) is 0 Å². The fourth-order valence-electron chi connectivity index (χ4n) is 2.45. The molecule has 0 saturated heterocycles. The first-order valence-corrected chi connectivity index (χ1v) is 7.27. The van der Waals surface area contributed by atoms with E-state index in [-0.39, 0.29) is 11.6 Å². The summed E-state index contributed by atoms with van der Waals surface area (Å²) in [5, 5.41) is 2.57. The Hall–Kier alpha value is -1.46. The minimum Gasteiger partial charge on any atom is -0.352 e. The lowest BCUT2D eigenvalue weighted by molar-refractivity contribution is -0.144. The summed E-state index contributed by atoms with van der Waals surface area (Å²) < 4.78 is 41.0. The number of rotatable bonds is 6. The first-order valence-electron chi connectivity index (χ1n) is 7.27. The standard InChI is InChI=1S/C15H23F3N2O/c1-5-6-7-8-19-14(21)12-9-11(4)20(10(2)3)13(12)15(16,17)18/h9-10H,5-8H2,1-4H3,(H,19,21). The molecule has 0 aromatic carbocycles. The van der Waals surface area contributed by atoms with E-state index in [1.807, 2.05) is 6.92 Å². The highest BCUT2D eigenvalue weighted by atomic mass is 19.4. The zero-order valence-corrected chi connectivity index (χ0v) is 13.0. The first-order chi connectivity index (χ1) is 9.70. The summed E-state index contributed by atoms with van der Waals surface area (Å²) in [6, 6.07) is 0.959. The highest BCUT2D eigenvalue weighted by Gasteiger charge is 2.40. The number of aryl methyl sites for hydroxylation is 1. The zero-order valence-electron chi connectivity index (χ0n) is 13.0. The molecule has 0 atom stereocenters. The van der Waals surface area contributed by atoms with Gasteiger partial charge in [-0.1, -0.05) is 19.8 Å². The molecule has 1 heterocycles. The number of hydrogen-bond acceptors (Lipinski definition) is 1. The number of hydrogen-bond donors (Lipinski definition) is 1. The molecular formula is C15H23F3N2O. The van der Waals surface area contributed by atoms with Crippen LogP contribution < -0.4 is 5.32 Å². The number of unbranched alkanes of at least 4 members (excludes halogenated alkanes) is 2. The van der Waals surface area contributed by atoms with Crippen LogP contribution in [0.3, 0.4) is 0 Å². The van der Waals surface area contributed by atoms with E-state index < -0.39 is 17.8 Å². The normalized spacial score (nSPS) is 12.0. The zero-order chi connectivity index (χ0) is 16.2. The second-order valence-corrected chi connectivity index (χ2v) is 5.47. The van der Waals surface area contributed by atoms with Crippen LogP contribution in [0.1, 0.15) is 67.8 Å². The van der Waals surface area contributed by atoms with Gasteiger partial charge in [-0.15, -0.1) is 0 Å². The molecule has 0 radical (unpaired) electrons. The van der Waals surface area contributed by atoms with Crippen molar-refractivity contribution in [3.63, 3.8) is 0 Å². The van der Waals surface area contributed by atoms with Gasteiger partial charge in [-0.3, -0.25) is 4.79 Å². The van der Waals surface area contributed by atoms with Crippen LogP contribution in [0.15, 0.2) is 6.07 Å². The van der Waals surface area contributed by atoms with Crippen molar-refractivity contribution in [2.45, 2.75) is 59.2 Å². The van der Waals surface area contributed by atoms with Crippen molar-refractivity contribution >= 4 is 5.91 Å². The number of carbonyl (C=O) groups is 1. The molecule has 3 nitrogen and oxygen atoms in total. The van der Waals surface area contributed by atoms with Crippen molar-refractivity contribution in [1.82, 2.24) is 9.88 Å². The molecule has 0 unspecified atom stereocenters. The van der Waals surface area contributed by atoms with Crippen molar-refractivity contribution in [3.8, 4) is 0 Å². The number of aromatic nitrogens is 1. The molecule has 0 aliphatic carbocycles. The molecular weight excluding hydrogens is 281 g/mol. The van der Waals surface area contributed by atoms with Crippen LogP contribution in [-0.2, 0) is 6.18 Å². The maximum Gasteiger partial charge on any atom is 0.432 e. The van der Waals surface area contributed by atoms with Gasteiger partial charge in [-0.05, 0) is 33.3 Å². The Bertz CT molecular complexity index is 490. The number of amides is 1. The summed E-state index contributed by atoms with van der Waals surface area (Å²) in [5.41, 5.74) is -0.704. The lowest BCUT2D eigenvalue weighted by Gasteiger charge is -2.18. The van der Waals surface area contributed by atoms with Gasteiger partial charge in [0.2, 0.25) is 0 Å². The van der Waals surface area contributed by atoms with Crippen molar-refractivity contribution in [2.75, 3.05) is 6.54 Å². The van der Waals surface area contributed by atoms with Gasteiger partial charge in [0.05, 0.1) is 5.56 Å². The SMILES string of the molecule is CCCCCNC(=O)c1cc(C)n(C(C)C)c1C(F)(F)F. The average molecular weight is 304 g/mol. The van der Waals surface area contributed by atoms with Crippen LogP contribution in [0.2, 0.25) is 0 Å². The predicted octanol–water partition coefficient (Wildman–Crippen LogP) is 4.32. The Labute approximate surface area is 123 Å². The van der Waals surface area contributed by atoms with Crippen LogP contribution >= 0.6 is 0 Å². The van der Waals surface area contributed by atoms with Gasteiger partial charge >= 0.3 is 6.18 Å². The number of halogens is 3. The first kappa shape index (κ1) is 17.6. The highest BCUT2D eigenvalue weighted by Crippen LogP contribution is 2.36. The Balaban J connectivity index is 3.07. The fourth-order valence-corrected chi connectivity index (χ4v) is 2.45. The lowest BCUT2D eigenvalue weighted by Crippen LogP contribution is -2.28. The van der Waals surface area contributed by atoms with Crippen LogP contribution in [0, 0.1) is 6.92 Å². The van der Waals surface area contributed by atoms with Gasteiger partial charge < -0.3 is 9.88 Å². The maximum absolute atomic E-state index is 13.3. The summed E-state index contributed by atoms with van der Waals surface area (Å²) in [6.45, 7) is 7.35. The average Bonchev–Trinajstić information content (AvgIpc) is 2.72. The number of nitrogens with zero attached hydrogens (tertiary/aromatic N) is 1. The Morgan fingerprint density at radius 1 is 1.33 bits per heavy atom. The Morgan fingerprint density at radius 3 is 2.43 bits per heavy atom. The lowest BCUT2D eigenvalue weighted by atomic mass is 10.2. The third-order valence-electron chi connectivity index (χ3n) is 3.32. The molecule has 1 rings (SSSR count). The molecule has 0 saturated carbocycles. The highest BCUT2D eigenvalue weighted by molar-refractivity contribution is 5.96. The largest absolute Gasteiger partial charge is 0.432 e. The molecule has 1 aromatic rings. The molecule has 120 valence electrons. The van der Waals surface area contributed by atoms with Crippen molar-refractivity contribution in [3.05, 3.63) is 23.0 Å². The van der Waals surface area contributed by atoms with Gasteiger partial charge in [0, 0.05) is 18.3 Å². The molecule has 6 heteroatoms. The second-order valence-electron chi connectivity index (χ2n) is 5.47. The second kappa shape index (κ2) is 7.00. The summed E-state index contributed by atoms with van der Waals surface area (Å²) in [6.07, 6.45) is -1.84. The van der Waals surface area contributed by atoms with Gasteiger partial charge in [-0.2, -0.15) is 13.2 Å². The van der Waals surface area contributed by atoms with E-state index in [4.69, 9.17) is 0 Å². The third kappa shape index (κ3) is 4.25. The maximum atomic E-state index is 13.3. The molecule has 0 fully saturated rings. The summed E-state index contributed by atoms with van der Waals surface area (Å²) in [7, 11) is 0. The van der Waals surface area contributed by atoms with Crippen LogP contribution in [0.5, 0.6) is 0 Å². The van der Waals surface area contributed by atoms with E-state index in [0.29, 0.717) is 12.2 Å². The van der Waals surface area contributed by atoms with E-state index in [0.717, 1.165) is 19.3 Å². The fraction of sp³-hybridized carbons (Fsp3) is 0.667. The van der Waals surface area contributed by atoms with Gasteiger partial charge in [0.15, 0.2) is 0 Å². The van der Waals surface area contributed by atoms with E-state index in [1.165, 1.54) is 10.6 Å². The molecule has 0 aliphatic rings. The van der Waals surface area contributed by atoms with Crippen molar-refractivity contribution < 1.29 is 18.0 Å². The summed E-state index contributed by atoms with van der Waals surface area (Å²) in [4.78, 5) is 12.0. The molecule has 1 aromatic heterocycles. The monoisotopic (exact) mass is 304 g/mol. The number of alkyl halides is 3. The van der Waals surface area contributed by atoms with Crippen LogP contribution in [0.4, 0.5) is 13.2 Å². The topological polar surface area (TPSA) is 34.0 Å². The number of carbonyl (C=O) groups excluding carboxylic acids is 1. The smallest absolute Gasteiger partial charge is 0.352 e.